The molecule has 90 valence electrons. The molecular weight excluding hydrogens is 212 g/mol. The SMILES string of the molecule is Cc1cccc(-c2nc(C(C)C)c(CN)o2)c1. The molecule has 0 spiro atoms. The van der Waals surface area contributed by atoms with E-state index in [9.17, 15) is 0 Å². The Bertz CT molecular complexity index is 515. The lowest BCUT2D eigenvalue weighted by Gasteiger charge is -1.99. The first-order valence-electron chi connectivity index (χ1n) is 5.88. The van der Waals surface area contributed by atoms with Gasteiger partial charge < -0.3 is 10.2 Å². The summed E-state index contributed by atoms with van der Waals surface area (Å²) in [5, 5.41) is 0. The predicted octanol–water partition coefficient (Wildman–Crippen LogP) is 3.23. The second-order valence-corrected chi connectivity index (χ2v) is 4.56. The van der Waals surface area contributed by atoms with Gasteiger partial charge in [0.05, 0.1) is 12.2 Å². The number of oxazole rings is 1. The fourth-order valence-corrected chi connectivity index (χ4v) is 1.86. The highest BCUT2D eigenvalue weighted by atomic mass is 16.4. The van der Waals surface area contributed by atoms with Gasteiger partial charge in [-0.05, 0) is 25.0 Å². The van der Waals surface area contributed by atoms with Gasteiger partial charge >= 0.3 is 0 Å². The van der Waals surface area contributed by atoms with Gasteiger partial charge in [-0.2, -0.15) is 0 Å². The van der Waals surface area contributed by atoms with Gasteiger partial charge in [-0.25, -0.2) is 4.98 Å². The molecule has 0 amide bonds. The van der Waals surface area contributed by atoms with E-state index in [0.29, 0.717) is 18.4 Å². The summed E-state index contributed by atoms with van der Waals surface area (Å²) in [5.74, 6) is 1.78. The summed E-state index contributed by atoms with van der Waals surface area (Å²) in [6.45, 7) is 6.64. The maximum atomic E-state index is 5.73. The Balaban J connectivity index is 2.46. The molecule has 0 fully saturated rings. The van der Waals surface area contributed by atoms with Crippen LogP contribution < -0.4 is 5.73 Å². The van der Waals surface area contributed by atoms with Crippen LogP contribution in [0.4, 0.5) is 0 Å². The first-order valence-corrected chi connectivity index (χ1v) is 5.88. The standard InChI is InChI=1S/C14H18N2O/c1-9(2)13-12(8-15)17-14(16-13)11-6-4-5-10(3)7-11/h4-7,9H,8,15H2,1-3H3. The molecular formula is C14H18N2O. The molecule has 0 unspecified atom stereocenters. The van der Waals surface area contributed by atoms with Gasteiger partial charge in [0.15, 0.2) is 0 Å². The van der Waals surface area contributed by atoms with Crippen molar-refractivity contribution >= 4 is 0 Å². The highest BCUT2D eigenvalue weighted by Crippen LogP contribution is 2.26. The molecule has 0 saturated heterocycles. The smallest absolute Gasteiger partial charge is 0.226 e. The lowest BCUT2D eigenvalue weighted by molar-refractivity contribution is 0.514. The van der Waals surface area contributed by atoms with Crippen LogP contribution in [0.1, 0.15) is 36.8 Å². The topological polar surface area (TPSA) is 52.0 Å². The average molecular weight is 230 g/mol. The Hall–Kier alpha value is -1.61. The first kappa shape index (κ1) is 11.9. The Labute approximate surface area is 102 Å². The zero-order valence-electron chi connectivity index (χ0n) is 10.5. The molecule has 0 aliphatic rings. The van der Waals surface area contributed by atoms with Crippen molar-refractivity contribution in [2.45, 2.75) is 33.2 Å². The monoisotopic (exact) mass is 230 g/mol. The summed E-state index contributed by atoms with van der Waals surface area (Å²) in [6, 6.07) is 8.13. The number of nitrogens with zero attached hydrogens (tertiary/aromatic N) is 1. The molecule has 2 N–H and O–H groups in total. The molecule has 0 atom stereocenters. The van der Waals surface area contributed by atoms with E-state index in [1.807, 2.05) is 12.1 Å². The van der Waals surface area contributed by atoms with E-state index in [2.05, 4.69) is 37.9 Å². The van der Waals surface area contributed by atoms with Crippen molar-refractivity contribution in [3.8, 4) is 11.5 Å². The molecule has 0 radical (unpaired) electrons. The third-order valence-corrected chi connectivity index (χ3v) is 2.72. The van der Waals surface area contributed by atoms with Crippen LogP contribution in [0.2, 0.25) is 0 Å². The normalized spacial score (nSPS) is 11.1. The summed E-state index contributed by atoms with van der Waals surface area (Å²) in [6.07, 6.45) is 0. The zero-order valence-corrected chi connectivity index (χ0v) is 10.5. The molecule has 3 nitrogen and oxygen atoms in total. The van der Waals surface area contributed by atoms with E-state index >= 15 is 0 Å². The summed E-state index contributed by atoms with van der Waals surface area (Å²) in [5.41, 5.74) is 8.84. The quantitative estimate of drug-likeness (QED) is 0.880. The number of benzene rings is 1. The van der Waals surface area contributed by atoms with Crippen LogP contribution in [-0.4, -0.2) is 4.98 Å². The molecule has 2 rings (SSSR count). The summed E-state index contributed by atoms with van der Waals surface area (Å²) < 4.78 is 5.73. The number of hydrogen-bond acceptors (Lipinski definition) is 3. The van der Waals surface area contributed by atoms with E-state index < -0.39 is 0 Å². The summed E-state index contributed by atoms with van der Waals surface area (Å²) in [4.78, 5) is 4.55. The largest absolute Gasteiger partial charge is 0.440 e. The summed E-state index contributed by atoms with van der Waals surface area (Å²) in [7, 11) is 0. The van der Waals surface area contributed by atoms with Crippen LogP contribution in [0.15, 0.2) is 28.7 Å². The zero-order chi connectivity index (χ0) is 12.4. The number of hydrogen-bond donors (Lipinski definition) is 1. The van der Waals surface area contributed by atoms with Gasteiger partial charge in [0.1, 0.15) is 5.76 Å². The Kier molecular flexibility index (Phi) is 3.29. The molecule has 0 aliphatic heterocycles. The Morgan fingerprint density at radius 3 is 2.65 bits per heavy atom. The molecule has 17 heavy (non-hydrogen) atoms. The van der Waals surface area contributed by atoms with Crippen LogP contribution in [0.25, 0.3) is 11.5 Å². The third kappa shape index (κ3) is 2.39. The van der Waals surface area contributed by atoms with Crippen LogP contribution in [-0.2, 0) is 6.54 Å². The maximum absolute atomic E-state index is 5.73. The maximum Gasteiger partial charge on any atom is 0.226 e. The minimum Gasteiger partial charge on any atom is -0.440 e. The second-order valence-electron chi connectivity index (χ2n) is 4.56. The highest BCUT2D eigenvalue weighted by molar-refractivity contribution is 5.55. The summed E-state index contributed by atoms with van der Waals surface area (Å²) >= 11 is 0. The lowest BCUT2D eigenvalue weighted by Crippen LogP contribution is -2.00. The van der Waals surface area contributed by atoms with E-state index in [1.165, 1.54) is 5.56 Å². The number of nitrogens with two attached hydrogens (primary N) is 1. The first-order chi connectivity index (χ1) is 8.11. The molecule has 2 aromatic rings. The van der Waals surface area contributed by atoms with Gasteiger partial charge in [0, 0.05) is 5.56 Å². The van der Waals surface area contributed by atoms with Gasteiger partial charge in [0.25, 0.3) is 0 Å². The van der Waals surface area contributed by atoms with Crippen molar-refractivity contribution in [1.82, 2.24) is 4.98 Å². The minimum atomic E-state index is 0.329. The predicted molar refractivity (Wildman–Crippen MR) is 68.7 cm³/mol. The van der Waals surface area contributed by atoms with Crippen LogP contribution in [0.3, 0.4) is 0 Å². The number of aryl methyl sites for hydroxylation is 1. The lowest BCUT2D eigenvalue weighted by atomic mass is 10.1. The van der Waals surface area contributed by atoms with Gasteiger partial charge in [0.2, 0.25) is 5.89 Å². The highest BCUT2D eigenvalue weighted by Gasteiger charge is 2.15. The molecule has 0 saturated carbocycles. The van der Waals surface area contributed by atoms with Crippen molar-refractivity contribution in [2.75, 3.05) is 0 Å². The third-order valence-electron chi connectivity index (χ3n) is 2.72. The van der Waals surface area contributed by atoms with Crippen LogP contribution in [0, 0.1) is 6.92 Å². The van der Waals surface area contributed by atoms with E-state index in [0.717, 1.165) is 17.0 Å². The van der Waals surface area contributed by atoms with Crippen molar-refractivity contribution in [3.63, 3.8) is 0 Å². The van der Waals surface area contributed by atoms with Gasteiger partial charge in [-0.3, -0.25) is 0 Å². The molecule has 0 aliphatic carbocycles. The molecule has 3 heteroatoms. The molecule has 0 bridgehead atoms. The molecule has 1 aromatic heterocycles. The van der Waals surface area contributed by atoms with Crippen LogP contribution in [0.5, 0.6) is 0 Å². The van der Waals surface area contributed by atoms with E-state index in [4.69, 9.17) is 10.2 Å². The molecule has 1 heterocycles. The fraction of sp³-hybridized carbons (Fsp3) is 0.357. The van der Waals surface area contributed by atoms with E-state index in [-0.39, 0.29) is 0 Å². The fourth-order valence-electron chi connectivity index (χ4n) is 1.86. The van der Waals surface area contributed by atoms with Gasteiger partial charge in [-0.15, -0.1) is 0 Å². The molecule has 1 aromatic carbocycles. The number of aromatic nitrogens is 1. The Morgan fingerprint density at radius 1 is 1.35 bits per heavy atom. The second kappa shape index (κ2) is 4.72. The van der Waals surface area contributed by atoms with Gasteiger partial charge in [-0.1, -0.05) is 31.5 Å². The van der Waals surface area contributed by atoms with E-state index in [1.54, 1.807) is 0 Å². The number of rotatable bonds is 3. The average Bonchev–Trinajstić information content (AvgIpc) is 2.73. The van der Waals surface area contributed by atoms with Crippen molar-refractivity contribution < 1.29 is 4.42 Å². The van der Waals surface area contributed by atoms with Crippen LogP contribution >= 0.6 is 0 Å². The minimum absolute atomic E-state index is 0.329. The van der Waals surface area contributed by atoms with Crippen molar-refractivity contribution in [3.05, 3.63) is 41.3 Å². The van der Waals surface area contributed by atoms with Crippen molar-refractivity contribution in [1.29, 1.82) is 0 Å². The van der Waals surface area contributed by atoms with Crippen molar-refractivity contribution in [2.24, 2.45) is 5.73 Å². The Morgan fingerprint density at radius 2 is 2.12 bits per heavy atom.